The van der Waals surface area contributed by atoms with Gasteiger partial charge >= 0.3 is 0 Å². The van der Waals surface area contributed by atoms with Gasteiger partial charge in [-0.2, -0.15) is 5.26 Å². The molecule has 2 aromatic carbocycles. The van der Waals surface area contributed by atoms with Crippen molar-refractivity contribution in [3.63, 3.8) is 0 Å². The second kappa shape index (κ2) is 11.3. The van der Waals surface area contributed by atoms with Crippen molar-refractivity contribution in [2.24, 2.45) is 0 Å². The Morgan fingerprint density at radius 3 is 2.47 bits per heavy atom. The van der Waals surface area contributed by atoms with Crippen molar-refractivity contribution in [1.82, 2.24) is 10.2 Å². The van der Waals surface area contributed by atoms with E-state index in [0.717, 1.165) is 6.26 Å². The molecular weight excluding hydrogens is 523 g/mol. The van der Waals surface area contributed by atoms with Gasteiger partial charge in [0.25, 0.3) is 5.91 Å². The van der Waals surface area contributed by atoms with E-state index < -0.39 is 15.7 Å². The predicted octanol–water partition coefficient (Wildman–Crippen LogP) is 4.25. The predicted molar refractivity (Wildman–Crippen MR) is 129 cm³/mol. The fourth-order valence-corrected chi connectivity index (χ4v) is 4.33. The van der Waals surface area contributed by atoms with E-state index in [0.29, 0.717) is 33.4 Å². The SMILES string of the molecule is CS(=O)(=O)c1nnc(NC(=O)/C(C#N)=C\c2ccc(OCCOc3ccc(Cl)cc3)c(Cl)c2)s1. The first-order valence-electron chi connectivity index (χ1n) is 9.43. The highest BCUT2D eigenvalue weighted by atomic mass is 35.5. The molecule has 1 amide bonds. The van der Waals surface area contributed by atoms with E-state index in [1.165, 1.54) is 12.1 Å². The third-order valence-corrected chi connectivity index (χ3v) is 7.05. The molecule has 1 heterocycles. The van der Waals surface area contributed by atoms with Crippen LogP contribution in [0, 0.1) is 11.3 Å². The van der Waals surface area contributed by atoms with Gasteiger partial charge in [-0.15, -0.1) is 10.2 Å². The van der Waals surface area contributed by atoms with Gasteiger partial charge in [0.2, 0.25) is 19.3 Å². The minimum atomic E-state index is -3.55. The number of benzene rings is 2. The summed E-state index contributed by atoms with van der Waals surface area (Å²) in [5.41, 5.74) is 0.243. The summed E-state index contributed by atoms with van der Waals surface area (Å²) < 4.78 is 33.9. The molecule has 0 spiro atoms. The molecule has 0 saturated heterocycles. The number of nitrogens with one attached hydrogen (secondary N) is 1. The normalized spacial score (nSPS) is 11.5. The molecule has 13 heteroatoms. The van der Waals surface area contributed by atoms with E-state index in [4.69, 9.17) is 32.7 Å². The summed E-state index contributed by atoms with van der Waals surface area (Å²) in [6, 6.07) is 13.5. The summed E-state index contributed by atoms with van der Waals surface area (Å²) >= 11 is 12.8. The standard InChI is InChI=1S/C21H16Cl2N4O5S2/c1-34(29,30)21-27-26-20(33-21)25-19(28)14(12-24)10-13-2-7-18(17(23)11-13)32-9-8-31-16-5-3-15(22)4-6-16/h2-7,10-11H,8-9H2,1H3,(H,25,26,28)/b14-10-. The molecule has 0 aliphatic heterocycles. The highest BCUT2D eigenvalue weighted by Crippen LogP contribution is 2.27. The quantitative estimate of drug-likeness (QED) is 0.185. The van der Waals surface area contributed by atoms with Crippen LogP contribution in [0.1, 0.15) is 5.56 Å². The lowest BCUT2D eigenvalue weighted by Gasteiger charge is -2.10. The van der Waals surface area contributed by atoms with Gasteiger partial charge in [0.15, 0.2) is 0 Å². The van der Waals surface area contributed by atoms with Crippen LogP contribution in [-0.2, 0) is 14.6 Å². The van der Waals surface area contributed by atoms with Crippen molar-refractivity contribution in [3.05, 3.63) is 63.6 Å². The van der Waals surface area contributed by atoms with Crippen LogP contribution in [0.2, 0.25) is 10.0 Å². The first-order valence-corrected chi connectivity index (χ1v) is 12.9. The number of hydrogen-bond acceptors (Lipinski definition) is 9. The Morgan fingerprint density at radius 2 is 1.85 bits per heavy atom. The summed E-state index contributed by atoms with van der Waals surface area (Å²) in [5, 5.41) is 19.7. The molecule has 0 bridgehead atoms. The number of aromatic nitrogens is 2. The molecule has 0 unspecified atom stereocenters. The molecule has 0 aliphatic rings. The number of amides is 1. The van der Waals surface area contributed by atoms with Gasteiger partial charge in [-0.05, 0) is 48.0 Å². The Labute approximate surface area is 209 Å². The minimum absolute atomic E-state index is 0.0471. The maximum absolute atomic E-state index is 12.4. The van der Waals surface area contributed by atoms with Crippen LogP contribution in [0.5, 0.6) is 11.5 Å². The van der Waals surface area contributed by atoms with Crippen molar-refractivity contribution in [1.29, 1.82) is 5.26 Å². The van der Waals surface area contributed by atoms with Crippen LogP contribution >= 0.6 is 34.5 Å². The van der Waals surface area contributed by atoms with E-state index in [9.17, 15) is 18.5 Å². The zero-order valence-electron chi connectivity index (χ0n) is 17.5. The molecule has 1 N–H and O–H groups in total. The smallest absolute Gasteiger partial charge is 0.268 e. The summed E-state index contributed by atoms with van der Waals surface area (Å²) in [6.07, 6.45) is 2.30. The van der Waals surface area contributed by atoms with E-state index >= 15 is 0 Å². The number of halogens is 2. The second-order valence-corrected chi connectivity index (χ2v) is 10.6. The van der Waals surface area contributed by atoms with Crippen molar-refractivity contribution in [3.8, 4) is 17.6 Å². The van der Waals surface area contributed by atoms with E-state index in [1.54, 1.807) is 42.5 Å². The molecule has 0 radical (unpaired) electrons. The van der Waals surface area contributed by atoms with Crippen molar-refractivity contribution < 1.29 is 22.7 Å². The van der Waals surface area contributed by atoms with Crippen LogP contribution in [0.3, 0.4) is 0 Å². The number of nitriles is 1. The number of carbonyl (C=O) groups excluding carboxylic acids is 1. The highest BCUT2D eigenvalue weighted by molar-refractivity contribution is 7.92. The molecule has 3 rings (SSSR count). The Hall–Kier alpha value is -3.17. The first-order chi connectivity index (χ1) is 16.2. The van der Waals surface area contributed by atoms with Crippen molar-refractivity contribution in [2.75, 3.05) is 24.8 Å². The number of carbonyl (C=O) groups is 1. The van der Waals surface area contributed by atoms with Gasteiger partial charge in [0.05, 0.1) is 5.02 Å². The molecule has 0 saturated carbocycles. The monoisotopic (exact) mass is 538 g/mol. The fraction of sp³-hybridized carbons (Fsp3) is 0.143. The summed E-state index contributed by atoms with van der Waals surface area (Å²) in [5.74, 6) is 0.293. The number of sulfone groups is 1. The maximum Gasteiger partial charge on any atom is 0.268 e. The Bertz CT molecular complexity index is 1370. The van der Waals surface area contributed by atoms with E-state index in [-0.39, 0.29) is 33.3 Å². The Morgan fingerprint density at radius 1 is 1.15 bits per heavy atom. The molecule has 9 nitrogen and oxygen atoms in total. The maximum atomic E-state index is 12.4. The number of ether oxygens (including phenoxy) is 2. The van der Waals surface area contributed by atoms with Crippen LogP contribution in [0.25, 0.3) is 6.08 Å². The average molecular weight is 539 g/mol. The van der Waals surface area contributed by atoms with Gasteiger partial charge in [-0.3, -0.25) is 10.1 Å². The van der Waals surface area contributed by atoms with Gasteiger partial charge in [-0.25, -0.2) is 8.42 Å². The third kappa shape index (κ3) is 7.16. The van der Waals surface area contributed by atoms with Gasteiger partial charge in [0.1, 0.15) is 36.4 Å². The number of nitrogens with zero attached hydrogens (tertiary/aromatic N) is 3. The van der Waals surface area contributed by atoms with Crippen LogP contribution in [0.4, 0.5) is 5.13 Å². The number of anilines is 1. The van der Waals surface area contributed by atoms with Gasteiger partial charge in [-0.1, -0.05) is 40.6 Å². The van der Waals surface area contributed by atoms with Gasteiger partial charge < -0.3 is 9.47 Å². The Kier molecular flexibility index (Phi) is 8.46. The van der Waals surface area contributed by atoms with Crippen LogP contribution in [-0.4, -0.2) is 44.0 Å². The fourth-order valence-electron chi connectivity index (χ4n) is 2.46. The van der Waals surface area contributed by atoms with Crippen LogP contribution < -0.4 is 14.8 Å². The second-order valence-electron chi connectivity index (χ2n) is 6.61. The van der Waals surface area contributed by atoms with Crippen molar-refractivity contribution >= 4 is 61.5 Å². The van der Waals surface area contributed by atoms with E-state index in [1.807, 2.05) is 0 Å². The average Bonchev–Trinajstić information content (AvgIpc) is 3.26. The molecule has 34 heavy (non-hydrogen) atoms. The largest absolute Gasteiger partial charge is 0.490 e. The number of hydrogen-bond donors (Lipinski definition) is 1. The lowest BCUT2D eigenvalue weighted by atomic mass is 10.1. The topological polar surface area (TPSA) is 131 Å². The van der Waals surface area contributed by atoms with Gasteiger partial charge in [0, 0.05) is 11.3 Å². The Balaban J connectivity index is 1.60. The first kappa shape index (κ1) is 25.5. The lowest BCUT2D eigenvalue weighted by Crippen LogP contribution is -2.13. The van der Waals surface area contributed by atoms with E-state index in [2.05, 4.69) is 15.5 Å². The number of rotatable bonds is 9. The zero-order chi connectivity index (χ0) is 24.7. The molecule has 176 valence electrons. The summed E-state index contributed by atoms with van der Waals surface area (Å²) in [4.78, 5) is 12.4. The van der Waals surface area contributed by atoms with Crippen LogP contribution in [0.15, 0.2) is 52.4 Å². The molecule has 1 aromatic heterocycles. The zero-order valence-corrected chi connectivity index (χ0v) is 20.6. The highest BCUT2D eigenvalue weighted by Gasteiger charge is 2.17. The molecular formula is C21H16Cl2N4O5S2. The molecule has 0 atom stereocenters. The third-order valence-electron chi connectivity index (χ3n) is 4.00. The van der Waals surface area contributed by atoms with Crippen molar-refractivity contribution in [2.45, 2.75) is 4.34 Å². The minimum Gasteiger partial charge on any atom is -0.490 e. The lowest BCUT2D eigenvalue weighted by molar-refractivity contribution is -0.112. The molecule has 0 aliphatic carbocycles. The summed E-state index contributed by atoms with van der Waals surface area (Å²) in [6.45, 7) is 0.520. The molecule has 3 aromatic rings. The molecule has 0 fully saturated rings. The summed E-state index contributed by atoms with van der Waals surface area (Å²) in [7, 11) is -3.55.